The van der Waals surface area contributed by atoms with E-state index >= 15 is 0 Å². The fourth-order valence-corrected chi connectivity index (χ4v) is 3.53. The first-order valence-electron chi connectivity index (χ1n) is 9.23. The lowest BCUT2D eigenvalue weighted by Crippen LogP contribution is -2.26. The number of fused-ring (bicyclic) bond motifs is 1. The number of para-hydroxylation sites is 1. The van der Waals surface area contributed by atoms with Gasteiger partial charge in [-0.2, -0.15) is 5.26 Å². The van der Waals surface area contributed by atoms with E-state index in [0.717, 1.165) is 30.5 Å². The number of aromatic nitrogens is 2. The molecule has 4 rings (SSSR count). The van der Waals surface area contributed by atoms with Crippen molar-refractivity contribution in [2.45, 2.75) is 32.2 Å². The molecule has 0 saturated heterocycles. The van der Waals surface area contributed by atoms with Gasteiger partial charge in [0.15, 0.2) is 5.69 Å². The summed E-state index contributed by atoms with van der Waals surface area (Å²) in [6.45, 7) is 2.75. The van der Waals surface area contributed by atoms with Crippen LogP contribution in [0, 0.1) is 11.3 Å². The van der Waals surface area contributed by atoms with Crippen molar-refractivity contribution in [3.8, 4) is 22.9 Å². The van der Waals surface area contributed by atoms with Gasteiger partial charge in [-0.3, -0.25) is 0 Å². The van der Waals surface area contributed by atoms with Crippen molar-refractivity contribution in [1.82, 2.24) is 10.2 Å². The standard InChI is InChI=1S/C21H17F3N4O/c1-2-28(14-8-9-14)20-16-10-7-13(11-17(16)26-27-18(20)12-25)15-5-3-4-6-19(15)29-21(22,23)24/h3-7,10-11,14H,2,8-9H2,1H3. The highest BCUT2D eigenvalue weighted by Gasteiger charge is 2.33. The van der Waals surface area contributed by atoms with Crippen molar-refractivity contribution in [2.24, 2.45) is 0 Å². The molecule has 5 nitrogen and oxygen atoms in total. The molecule has 148 valence electrons. The van der Waals surface area contributed by atoms with Gasteiger partial charge in [-0.05, 0) is 43.5 Å². The van der Waals surface area contributed by atoms with Crippen molar-refractivity contribution in [3.63, 3.8) is 0 Å². The second-order valence-electron chi connectivity index (χ2n) is 6.80. The number of hydrogen-bond donors (Lipinski definition) is 0. The summed E-state index contributed by atoms with van der Waals surface area (Å²) in [5.41, 5.74) is 2.32. The van der Waals surface area contributed by atoms with Crippen molar-refractivity contribution in [2.75, 3.05) is 11.4 Å². The average molecular weight is 398 g/mol. The summed E-state index contributed by atoms with van der Waals surface area (Å²) in [7, 11) is 0. The second-order valence-corrected chi connectivity index (χ2v) is 6.80. The van der Waals surface area contributed by atoms with E-state index in [4.69, 9.17) is 0 Å². The molecule has 0 aliphatic heterocycles. The van der Waals surface area contributed by atoms with Gasteiger partial charge in [0.2, 0.25) is 0 Å². The van der Waals surface area contributed by atoms with Gasteiger partial charge in [0.05, 0.1) is 11.2 Å². The number of hydrogen-bond acceptors (Lipinski definition) is 5. The molecule has 1 saturated carbocycles. The molecule has 0 unspecified atom stereocenters. The molecule has 3 aromatic rings. The molecule has 0 bridgehead atoms. The van der Waals surface area contributed by atoms with Crippen LogP contribution in [-0.4, -0.2) is 29.1 Å². The van der Waals surface area contributed by atoms with Gasteiger partial charge in [0.1, 0.15) is 11.8 Å². The first kappa shape index (κ1) is 19.0. The third-order valence-electron chi connectivity index (χ3n) is 4.88. The van der Waals surface area contributed by atoms with Crippen LogP contribution >= 0.6 is 0 Å². The highest BCUT2D eigenvalue weighted by atomic mass is 19.4. The Morgan fingerprint density at radius 3 is 2.59 bits per heavy atom. The van der Waals surface area contributed by atoms with E-state index in [9.17, 15) is 18.4 Å². The minimum atomic E-state index is -4.78. The minimum absolute atomic E-state index is 0.250. The maximum absolute atomic E-state index is 12.8. The summed E-state index contributed by atoms with van der Waals surface area (Å²) in [6, 6.07) is 13.6. The van der Waals surface area contributed by atoms with Crippen LogP contribution in [0.4, 0.5) is 18.9 Å². The second kappa shape index (κ2) is 7.24. The number of benzene rings is 2. The Balaban J connectivity index is 1.84. The van der Waals surface area contributed by atoms with Gasteiger partial charge >= 0.3 is 6.36 Å². The first-order valence-corrected chi connectivity index (χ1v) is 9.23. The van der Waals surface area contributed by atoms with Crippen molar-refractivity contribution >= 4 is 16.6 Å². The van der Waals surface area contributed by atoms with Crippen LogP contribution in [0.1, 0.15) is 25.5 Å². The quantitative estimate of drug-likeness (QED) is 0.601. The van der Waals surface area contributed by atoms with E-state index in [1.54, 1.807) is 30.3 Å². The largest absolute Gasteiger partial charge is 0.573 e. The Morgan fingerprint density at radius 1 is 1.17 bits per heavy atom. The van der Waals surface area contributed by atoms with Crippen LogP contribution in [0.15, 0.2) is 42.5 Å². The highest BCUT2D eigenvalue weighted by Crippen LogP contribution is 2.39. The lowest BCUT2D eigenvalue weighted by molar-refractivity contribution is -0.274. The lowest BCUT2D eigenvalue weighted by Gasteiger charge is -2.24. The predicted octanol–water partition coefficient (Wildman–Crippen LogP) is 5.06. The van der Waals surface area contributed by atoms with Crippen molar-refractivity contribution < 1.29 is 17.9 Å². The van der Waals surface area contributed by atoms with E-state index in [1.165, 1.54) is 12.1 Å². The van der Waals surface area contributed by atoms with E-state index in [1.807, 2.05) is 6.92 Å². The van der Waals surface area contributed by atoms with Crippen LogP contribution in [0.2, 0.25) is 0 Å². The van der Waals surface area contributed by atoms with Gasteiger partial charge in [-0.25, -0.2) is 0 Å². The monoisotopic (exact) mass is 398 g/mol. The molecular weight excluding hydrogens is 381 g/mol. The molecule has 0 radical (unpaired) electrons. The molecule has 1 aromatic heterocycles. The molecule has 1 aliphatic carbocycles. The Hall–Kier alpha value is -3.34. The molecule has 8 heteroatoms. The van der Waals surface area contributed by atoms with Gasteiger partial charge in [0.25, 0.3) is 0 Å². The highest BCUT2D eigenvalue weighted by molar-refractivity contribution is 5.96. The average Bonchev–Trinajstić information content (AvgIpc) is 3.52. The number of nitriles is 1. The van der Waals surface area contributed by atoms with E-state index < -0.39 is 6.36 Å². The number of alkyl halides is 3. The fourth-order valence-electron chi connectivity index (χ4n) is 3.53. The Kier molecular flexibility index (Phi) is 4.74. The molecular formula is C21H17F3N4O. The Labute approximate surface area is 165 Å². The zero-order valence-corrected chi connectivity index (χ0v) is 15.6. The van der Waals surface area contributed by atoms with Crippen LogP contribution in [0.25, 0.3) is 22.0 Å². The van der Waals surface area contributed by atoms with Crippen molar-refractivity contribution in [1.29, 1.82) is 5.26 Å². The molecule has 1 heterocycles. The van der Waals surface area contributed by atoms with Crippen LogP contribution in [-0.2, 0) is 0 Å². The fraction of sp³-hybridized carbons (Fsp3) is 0.286. The number of ether oxygens (including phenoxy) is 1. The summed E-state index contributed by atoms with van der Waals surface area (Å²) in [6.07, 6.45) is -2.67. The van der Waals surface area contributed by atoms with Crippen LogP contribution < -0.4 is 9.64 Å². The van der Waals surface area contributed by atoms with Crippen molar-refractivity contribution in [3.05, 3.63) is 48.2 Å². The molecule has 0 N–H and O–H groups in total. The Morgan fingerprint density at radius 2 is 1.93 bits per heavy atom. The molecule has 0 atom stereocenters. The molecule has 1 aliphatic rings. The number of nitrogens with zero attached hydrogens (tertiary/aromatic N) is 4. The van der Waals surface area contributed by atoms with E-state index in [0.29, 0.717) is 22.7 Å². The van der Waals surface area contributed by atoms with Gasteiger partial charge in [-0.1, -0.05) is 24.3 Å². The molecule has 1 fully saturated rings. The number of anilines is 1. The third-order valence-corrected chi connectivity index (χ3v) is 4.88. The summed E-state index contributed by atoms with van der Waals surface area (Å²) < 4.78 is 42.4. The maximum Gasteiger partial charge on any atom is 0.573 e. The molecule has 0 spiro atoms. The predicted molar refractivity (Wildman–Crippen MR) is 102 cm³/mol. The normalized spacial score (nSPS) is 13.9. The molecule has 2 aromatic carbocycles. The summed E-state index contributed by atoms with van der Waals surface area (Å²) >= 11 is 0. The van der Waals surface area contributed by atoms with Gasteiger partial charge in [-0.15, -0.1) is 23.4 Å². The molecule has 0 amide bonds. The smallest absolute Gasteiger partial charge is 0.405 e. The van der Waals surface area contributed by atoms with Crippen LogP contribution in [0.5, 0.6) is 5.75 Å². The molecule has 29 heavy (non-hydrogen) atoms. The van der Waals surface area contributed by atoms with Gasteiger partial charge < -0.3 is 9.64 Å². The van der Waals surface area contributed by atoms with E-state index in [-0.39, 0.29) is 11.4 Å². The number of rotatable bonds is 5. The Bertz CT molecular complexity index is 1100. The zero-order chi connectivity index (χ0) is 20.6. The number of halogens is 3. The summed E-state index contributed by atoms with van der Waals surface area (Å²) in [4.78, 5) is 2.15. The van der Waals surface area contributed by atoms with Crippen LogP contribution in [0.3, 0.4) is 0 Å². The summed E-state index contributed by atoms with van der Waals surface area (Å²) in [5.74, 6) is -0.283. The first-order chi connectivity index (χ1) is 13.9. The van der Waals surface area contributed by atoms with Gasteiger partial charge in [0, 0.05) is 23.5 Å². The van der Waals surface area contributed by atoms with E-state index in [2.05, 4.69) is 25.9 Å². The SMILES string of the molecule is CCN(c1c(C#N)nnc2cc(-c3ccccc3OC(F)(F)F)ccc12)C1CC1. The maximum atomic E-state index is 12.8. The summed E-state index contributed by atoms with van der Waals surface area (Å²) in [5, 5.41) is 18.4. The minimum Gasteiger partial charge on any atom is -0.405 e. The lowest BCUT2D eigenvalue weighted by atomic mass is 10.0. The topological polar surface area (TPSA) is 62.0 Å². The third kappa shape index (κ3) is 3.81. The zero-order valence-electron chi connectivity index (χ0n) is 15.6.